The van der Waals surface area contributed by atoms with Gasteiger partial charge in [0, 0.05) is 30.0 Å². The fraction of sp³-hybridized carbons (Fsp3) is 0.375. The molecule has 0 atom stereocenters. The van der Waals surface area contributed by atoms with Gasteiger partial charge >= 0.3 is 0 Å². The van der Waals surface area contributed by atoms with Gasteiger partial charge in [0.05, 0.1) is 5.52 Å². The van der Waals surface area contributed by atoms with Crippen LogP contribution in [-0.4, -0.2) is 30.6 Å². The molecule has 0 saturated heterocycles. The van der Waals surface area contributed by atoms with Crippen LogP contribution in [0.4, 0.5) is 0 Å². The van der Waals surface area contributed by atoms with Gasteiger partial charge in [-0.15, -0.1) is 0 Å². The lowest BCUT2D eigenvalue weighted by Gasteiger charge is -2.18. The minimum absolute atomic E-state index is 0.0168. The molecule has 1 aromatic carbocycles. The van der Waals surface area contributed by atoms with Crippen LogP contribution in [0.15, 0.2) is 23.0 Å². The number of fused-ring (bicyclic) bond motifs is 2. The molecule has 0 unspecified atom stereocenters. The predicted molar refractivity (Wildman–Crippen MR) is 82.6 cm³/mol. The van der Waals surface area contributed by atoms with E-state index in [1.54, 1.807) is 13.0 Å². The van der Waals surface area contributed by atoms with E-state index in [0.29, 0.717) is 49.7 Å². The van der Waals surface area contributed by atoms with E-state index in [0.717, 1.165) is 10.9 Å². The average molecular weight is 302 g/mol. The first-order valence-corrected chi connectivity index (χ1v) is 7.39. The molecule has 2 N–H and O–H groups in total. The van der Waals surface area contributed by atoms with Crippen LogP contribution in [0.1, 0.15) is 18.9 Å². The highest BCUT2D eigenvalue weighted by molar-refractivity contribution is 5.83. The summed E-state index contributed by atoms with van der Waals surface area (Å²) in [6, 6.07) is 5.49. The fourth-order valence-corrected chi connectivity index (χ4v) is 2.44. The molecule has 1 amide bonds. The molecule has 3 rings (SSSR count). The maximum atomic E-state index is 12.1. The monoisotopic (exact) mass is 302 g/mol. The van der Waals surface area contributed by atoms with E-state index in [2.05, 4.69) is 10.3 Å². The quantitative estimate of drug-likeness (QED) is 0.894. The summed E-state index contributed by atoms with van der Waals surface area (Å²) in [6.07, 6.45) is 0.934. The summed E-state index contributed by atoms with van der Waals surface area (Å²) >= 11 is 0. The van der Waals surface area contributed by atoms with Gasteiger partial charge in [-0.3, -0.25) is 9.59 Å². The molecule has 2 aromatic rings. The van der Waals surface area contributed by atoms with Crippen molar-refractivity contribution in [2.45, 2.75) is 19.8 Å². The van der Waals surface area contributed by atoms with Crippen LogP contribution in [0.25, 0.3) is 10.9 Å². The molecule has 0 radical (unpaired) electrons. The third-order valence-electron chi connectivity index (χ3n) is 3.62. The average Bonchev–Trinajstić information content (AvgIpc) is 2.53. The number of hydrogen-bond acceptors (Lipinski definition) is 4. The van der Waals surface area contributed by atoms with Crippen LogP contribution in [0.3, 0.4) is 0 Å². The first-order chi connectivity index (χ1) is 10.7. The van der Waals surface area contributed by atoms with Crippen molar-refractivity contribution in [3.63, 3.8) is 0 Å². The highest BCUT2D eigenvalue weighted by atomic mass is 16.6. The van der Waals surface area contributed by atoms with E-state index in [4.69, 9.17) is 9.47 Å². The molecule has 0 aliphatic carbocycles. The number of aromatic amines is 1. The van der Waals surface area contributed by atoms with Gasteiger partial charge in [0.1, 0.15) is 13.2 Å². The Bertz CT molecular complexity index is 767. The van der Waals surface area contributed by atoms with E-state index in [1.165, 1.54) is 0 Å². The molecule has 1 aliphatic heterocycles. The SMILES string of the molecule is CCC(=O)NCCc1cc2cc3c(cc2[nH]c1=O)OCCO3. The summed E-state index contributed by atoms with van der Waals surface area (Å²) in [5.41, 5.74) is 1.21. The Hall–Kier alpha value is -2.50. The van der Waals surface area contributed by atoms with Gasteiger partial charge in [0.25, 0.3) is 5.56 Å². The van der Waals surface area contributed by atoms with E-state index in [-0.39, 0.29) is 11.5 Å². The first-order valence-electron chi connectivity index (χ1n) is 7.39. The van der Waals surface area contributed by atoms with Crippen molar-refractivity contribution in [3.05, 3.63) is 34.1 Å². The minimum atomic E-state index is -0.144. The van der Waals surface area contributed by atoms with Crippen LogP contribution < -0.4 is 20.3 Å². The standard InChI is InChI=1S/C16H18N2O4/c1-2-15(19)17-4-3-10-7-11-8-13-14(22-6-5-21-13)9-12(11)18-16(10)20/h7-9H,2-6H2,1H3,(H,17,19)(H,18,20). The van der Waals surface area contributed by atoms with Gasteiger partial charge in [-0.2, -0.15) is 0 Å². The predicted octanol–water partition coefficient (Wildman–Crippen LogP) is 1.37. The number of carbonyl (C=O) groups is 1. The summed E-state index contributed by atoms with van der Waals surface area (Å²) < 4.78 is 11.1. The number of aromatic nitrogens is 1. The van der Waals surface area contributed by atoms with Crippen molar-refractivity contribution in [2.24, 2.45) is 0 Å². The molecule has 0 spiro atoms. The lowest BCUT2D eigenvalue weighted by atomic mass is 10.1. The van der Waals surface area contributed by atoms with E-state index < -0.39 is 0 Å². The van der Waals surface area contributed by atoms with Crippen molar-refractivity contribution < 1.29 is 14.3 Å². The number of nitrogens with one attached hydrogen (secondary N) is 2. The largest absolute Gasteiger partial charge is 0.486 e. The van der Waals surface area contributed by atoms with Crippen LogP contribution in [-0.2, 0) is 11.2 Å². The maximum absolute atomic E-state index is 12.1. The second-order valence-corrected chi connectivity index (χ2v) is 5.16. The molecule has 0 fully saturated rings. The summed E-state index contributed by atoms with van der Waals surface area (Å²) in [4.78, 5) is 26.2. The lowest BCUT2D eigenvalue weighted by molar-refractivity contribution is -0.120. The van der Waals surface area contributed by atoms with Crippen LogP contribution in [0.2, 0.25) is 0 Å². The van der Waals surface area contributed by atoms with E-state index in [9.17, 15) is 9.59 Å². The summed E-state index contributed by atoms with van der Waals surface area (Å²) in [5, 5.41) is 3.66. The molecule has 116 valence electrons. The Labute approximate surface area is 127 Å². The van der Waals surface area contributed by atoms with Crippen molar-refractivity contribution in [3.8, 4) is 11.5 Å². The van der Waals surface area contributed by atoms with Gasteiger partial charge in [-0.05, 0) is 18.6 Å². The minimum Gasteiger partial charge on any atom is -0.486 e. The highest BCUT2D eigenvalue weighted by Crippen LogP contribution is 2.33. The van der Waals surface area contributed by atoms with E-state index >= 15 is 0 Å². The Morgan fingerprint density at radius 3 is 2.68 bits per heavy atom. The first kappa shape index (κ1) is 14.4. The third-order valence-corrected chi connectivity index (χ3v) is 3.62. The smallest absolute Gasteiger partial charge is 0.251 e. The van der Waals surface area contributed by atoms with Gasteiger partial charge in [0.15, 0.2) is 11.5 Å². The molecule has 6 nitrogen and oxygen atoms in total. The van der Waals surface area contributed by atoms with Gasteiger partial charge in [0.2, 0.25) is 5.91 Å². The Morgan fingerprint density at radius 2 is 1.95 bits per heavy atom. The second-order valence-electron chi connectivity index (χ2n) is 5.16. The summed E-state index contributed by atoms with van der Waals surface area (Å²) in [5.74, 6) is 1.32. The molecular formula is C16H18N2O4. The van der Waals surface area contributed by atoms with Gasteiger partial charge in [-0.1, -0.05) is 6.92 Å². The number of ether oxygens (including phenoxy) is 2. The van der Waals surface area contributed by atoms with Crippen LogP contribution in [0.5, 0.6) is 11.5 Å². The summed E-state index contributed by atoms with van der Waals surface area (Å²) in [7, 11) is 0. The molecule has 1 aromatic heterocycles. The normalized spacial score (nSPS) is 13.1. The van der Waals surface area contributed by atoms with Gasteiger partial charge in [-0.25, -0.2) is 0 Å². The number of pyridine rings is 1. The topological polar surface area (TPSA) is 80.4 Å². The van der Waals surface area contributed by atoms with Crippen molar-refractivity contribution >= 4 is 16.8 Å². The number of H-pyrrole nitrogens is 1. The molecule has 2 heterocycles. The maximum Gasteiger partial charge on any atom is 0.251 e. The molecule has 0 saturated carbocycles. The van der Waals surface area contributed by atoms with Gasteiger partial charge < -0.3 is 19.8 Å². The summed E-state index contributed by atoms with van der Waals surface area (Å²) in [6.45, 7) is 3.28. The van der Waals surface area contributed by atoms with Crippen molar-refractivity contribution in [1.82, 2.24) is 10.3 Å². The Morgan fingerprint density at radius 1 is 1.23 bits per heavy atom. The number of carbonyl (C=O) groups excluding carboxylic acids is 1. The molecular weight excluding hydrogens is 284 g/mol. The Balaban J connectivity index is 1.87. The van der Waals surface area contributed by atoms with Crippen molar-refractivity contribution in [1.29, 1.82) is 0 Å². The zero-order valence-electron chi connectivity index (χ0n) is 12.4. The van der Waals surface area contributed by atoms with Crippen LogP contribution in [0, 0.1) is 0 Å². The zero-order chi connectivity index (χ0) is 15.5. The zero-order valence-corrected chi connectivity index (χ0v) is 12.4. The third kappa shape index (κ3) is 2.90. The Kier molecular flexibility index (Phi) is 4.00. The lowest BCUT2D eigenvalue weighted by Crippen LogP contribution is -2.26. The molecule has 22 heavy (non-hydrogen) atoms. The molecule has 1 aliphatic rings. The van der Waals surface area contributed by atoms with E-state index in [1.807, 2.05) is 12.1 Å². The number of rotatable bonds is 4. The fourth-order valence-electron chi connectivity index (χ4n) is 2.44. The molecule has 6 heteroatoms. The van der Waals surface area contributed by atoms with Crippen LogP contribution >= 0.6 is 0 Å². The number of hydrogen-bond donors (Lipinski definition) is 2. The number of amides is 1. The number of benzene rings is 1. The second kappa shape index (κ2) is 6.09. The molecule has 0 bridgehead atoms. The van der Waals surface area contributed by atoms with Crippen molar-refractivity contribution in [2.75, 3.05) is 19.8 Å². The highest BCUT2D eigenvalue weighted by Gasteiger charge is 2.14.